The summed E-state index contributed by atoms with van der Waals surface area (Å²) in [5.74, 6) is -2.12. The fourth-order valence-corrected chi connectivity index (χ4v) is 1.63. The molecule has 22 heavy (non-hydrogen) atoms. The maximum Gasteiger partial charge on any atom is 0.323 e. The van der Waals surface area contributed by atoms with Gasteiger partial charge in [-0.3, -0.25) is 19.2 Å². The minimum atomic E-state index is -1.18. The number of hydrogen-bond acceptors (Lipinski definition) is 5. The van der Waals surface area contributed by atoms with E-state index in [0.29, 0.717) is 6.54 Å². The second kappa shape index (κ2) is 10.7. The average molecular weight is 315 g/mol. The normalized spacial score (nSPS) is 10.4. The molecule has 2 amide bonds. The summed E-state index contributed by atoms with van der Waals surface area (Å²) in [5.41, 5.74) is 0. The highest BCUT2D eigenvalue weighted by Gasteiger charge is 2.19. The number of carbonyl (C=O) groups excluding carboxylic acids is 3. The van der Waals surface area contributed by atoms with Gasteiger partial charge in [0.25, 0.3) is 0 Å². The molecule has 0 fully saturated rings. The van der Waals surface area contributed by atoms with Gasteiger partial charge in [-0.25, -0.2) is 0 Å². The molecule has 0 aliphatic heterocycles. The van der Waals surface area contributed by atoms with E-state index >= 15 is 0 Å². The number of amides is 2. The third-order valence-electron chi connectivity index (χ3n) is 2.70. The molecular weight excluding hydrogens is 290 g/mol. The molecule has 0 aromatic carbocycles. The molecule has 0 aromatic heterocycles. The molecule has 8 heteroatoms. The van der Waals surface area contributed by atoms with Crippen LogP contribution in [0.3, 0.4) is 0 Å². The first-order valence-electron chi connectivity index (χ1n) is 7.21. The van der Waals surface area contributed by atoms with Gasteiger partial charge in [-0.15, -0.1) is 0 Å². The van der Waals surface area contributed by atoms with Crippen molar-refractivity contribution in [1.82, 2.24) is 15.5 Å². The van der Waals surface area contributed by atoms with Gasteiger partial charge in [0, 0.05) is 32.0 Å². The summed E-state index contributed by atoms with van der Waals surface area (Å²) >= 11 is 0. The summed E-state index contributed by atoms with van der Waals surface area (Å²) in [6.45, 7) is 5.01. The van der Waals surface area contributed by atoms with E-state index in [-0.39, 0.29) is 37.8 Å². The molecule has 0 radical (unpaired) electrons. The molecule has 0 atom stereocenters. The molecule has 0 saturated heterocycles. The molecule has 0 rings (SSSR count). The summed E-state index contributed by atoms with van der Waals surface area (Å²) in [5, 5.41) is 14.4. The number of ketones is 1. The standard InChI is InChI=1S/C14H25N3O5/c1-10(2)15-7-5-13(20)17(9-14(21)22)8-12(19)16-6-4-11(3)18/h10,15H,4-9H2,1-3H3,(H,16,19)(H,21,22). The molecule has 3 N–H and O–H groups in total. The van der Waals surface area contributed by atoms with Crippen molar-refractivity contribution < 1.29 is 24.3 Å². The molecule has 8 nitrogen and oxygen atoms in total. The Hall–Kier alpha value is -1.96. The zero-order valence-electron chi connectivity index (χ0n) is 13.3. The second-order valence-electron chi connectivity index (χ2n) is 5.30. The quantitative estimate of drug-likeness (QED) is 0.468. The van der Waals surface area contributed by atoms with E-state index in [1.165, 1.54) is 6.92 Å². The van der Waals surface area contributed by atoms with Crippen LogP contribution in [0.4, 0.5) is 0 Å². The largest absolute Gasteiger partial charge is 0.480 e. The number of hydrogen-bond donors (Lipinski definition) is 3. The van der Waals surface area contributed by atoms with Gasteiger partial charge < -0.3 is 20.6 Å². The van der Waals surface area contributed by atoms with Crippen molar-refractivity contribution in [2.75, 3.05) is 26.2 Å². The molecule has 0 aliphatic rings. The van der Waals surface area contributed by atoms with Gasteiger partial charge in [-0.1, -0.05) is 13.8 Å². The highest BCUT2D eigenvalue weighted by Crippen LogP contribution is 1.95. The molecule has 0 spiro atoms. The Morgan fingerprint density at radius 1 is 1.05 bits per heavy atom. The summed E-state index contributed by atoms with van der Waals surface area (Å²) in [6, 6.07) is 0.218. The summed E-state index contributed by atoms with van der Waals surface area (Å²) in [7, 11) is 0. The van der Waals surface area contributed by atoms with Crippen molar-refractivity contribution in [3.8, 4) is 0 Å². The van der Waals surface area contributed by atoms with Crippen LogP contribution in [0.1, 0.15) is 33.6 Å². The smallest absolute Gasteiger partial charge is 0.323 e. The first kappa shape index (κ1) is 20.0. The van der Waals surface area contributed by atoms with Crippen molar-refractivity contribution >= 4 is 23.6 Å². The average Bonchev–Trinajstić information content (AvgIpc) is 2.36. The predicted molar refractivity (Wildman–Crippen MR) is 80.3 cm³/mol. The number of carboxylic acid groups (broad SMARTS) is 1. The molecule has 0 unspecified atom stereocenters. The summed E-state index contributed by atoms with van der Waals surface area (Å²) in [6.07, 6.45) is 0.323. The number of carboxylic acids is 1. The van der Waals surface area contributed by atoms with E-state index in [1.54, 1.807) is 0 Å². The van der Waals surface area contributed by atoms with Crippen LogP contribution < -0.4 is 10.6 Å². The van der Waals surface area contributed by atoms with E-state index in [0.717, 1.165) is 4.90 Å². The number of carbonyl (C=O) groups is 4. The highest BCUT2D eigenvalue weighted by molar-refractivity contribution is 5.87. The molecule has 126 valence electrons. The van der Waals surface area contributed by atoms with Crippen molar-refractivity contribution in [3.63, 3.8) is 0 Å². The van der Waals surface area contributed by atoms with Gasteiger partial charge in [0.1, 0.15) is 18.9 Å². The van der Waals surface area contributed by atoms with Crippen LogP contribution in [0.25, 0.3) is 0 Å². The van der Waals surface area contributed by atoms with Crippen LogP contribution in [0.5, 0.6) is 0 Å². The summed E-state index contributed by atoms with van der Waals surface area (Å²) in [4.78, 5) is 46.2. The lowest BCUT2D eigenvalue weighted by Crippen LogP contribution is -2.44. The van der Waals surface area contributed by atoms with Crippen LogP contribution in [0.2, 0.25) is 0 Å². The first-order chi connectivity index (χ1) is 10.2. The Balaban J connectivity index is 4.37. The Labute approximate surface area is 130 Å². The first-order valence-corrected chi connectivity index (χ1v) is 7.21. The Morgan fingerprint density at radius 3 is 2.18 bits per heavy atom. The molecule has 0 aromatic rings. The zero-order chi connectivity index (χ0) is 17.1. The van der Waals surface area contributed by atoms with Crippen molar-refractivity contribution in [3.05, 3.63) is 0 Å². The minimum Gasteiger partial charge on any atom is -0.480 e. The fraction of sp³-hybridized carbons (Fsp3) is 0.714. The van der Waals surface area contributed by atoms with E-state index in [2.05, 4.69) is 10.6 Å². The van der Waals surface area contributed by atoms with Gasteiger partial charge in [-0.2, -0.15) is 0 Å². The predicted octanol–water partition coefficient (Wildman–Crippen LogP) is -0.617. The number of Topliss-reactive ketones (excluding diaryl/α,β-unsaturated/α-hetero) is 1. The Kier molecular flexibility index (Phi) is 9.77. The maximum atomic E-state index is 12.0. The zero-order valence-corrected chi connectivity index (χ0v) is 13.3. The fourth-order valence-electron chi connectivity index (χ4n) is 1.63. The lowest BCUT2D eigenvalue weighted by molar-refractivity contribution is -0.145. The van der Waals surface area contributed by atoms with Crippen molar-refractivity contribution in [2.24, 2.45) is 0 Å². The van der Waals surface area contributed by atoms with Gasteiger partial charge >= 0.3 is 5.97 Å². The maximum absolute atomic E-state index is 12.0. The third kappa shape index (κ3) is 10.8. The summed E-state index contributed by atoms with van der Waals surface area (Å²) < 4.78 is 0. The number of rotatable bonds is 11. The van der Waals surface area contributed by atoms with Crippen LogP contribution >= 0.6 is 0 Å². The van der Waals surface area contributed by atoms with Crippen LogP contribution in [-0.2, 0) is 19.2 Å². The lowest BCUT2D eigenvalue weighted by Gasteiger charge is -2.20. The molecule has 0 heterocycles. The van der Waals surface area contributed by atoms with Crippen molar-refractivity contribution in [1.29, 1.82) is 0 Å². The third-order valence-corrected chi connectivity index (χ3v) is 2.70. The van der Waals surface area contributed by atoms with E-state index < -0.39 is 24.3 Å². The molecular formula is C14H25N3O5. The second-order valence-corrected chi connectivity index (χ2v) is 5.30. The molecule has 0 aliphatic carbocycles. The number of aliphatic carboxylic acids is 1. The van der Waals surface area contributed by atoms with Gasteiger partial charge in [0.15, 0.2) is 0 Å². The van der Waals surface area contributed by atoms with E-state index in [1.807, 2.05) is 13.8 Å². The Morgan fingerprint density at radius 2 is 1.68 bits per heavy atom. The van der Waals surface area contributed by atoms with Crippen LogP contribution in [0.15, 0.2) is 0 Å². The number of nitrogens with zero attached hydrogens (tertiary/aromatic N) is 1. The Bertz CT molecular complexity index is 409. The van der Waals surface area contributed by atoms with Crippen molar-refractivity contribution in [2.45, 2.75) is 39.7 Å². The molecule has 0 saturated carbocycles. The molecule has 0 bridgehead atoms. The van der Waals surface area contributed by atoms with Crippen LogP contribution in [-0.4, -0.2) is 65.8 Å². The van der Waals surface area contributed by atoms with Gasteiger partial charge in [0.05, 0.1) is 0 Å². The van der Waals surface area contributed by atoms with Gasteiger partial charge in [-0.05, 0) is 6.92 Å². The number of nitrogens with one attached hydrogen (secondary N) is 2. The lowest BCUT2D eigenvalue weighted by atomic mass is 10.3. The highest BCUT2D eigenvalue weighted by atomic mass is 16.4. The van der Waals surface area contributed by atoms with Gasteiger partial charge in [0.2, 0.25) is 11.8 Å². The monoisotopic (exact) mass is 315 g/mol. The van der Waals surface area contributed by atoms with E-state index in [9.17, 15) is 19.2 Å². The SMILES string of the molecule is CC(=O)CCNC(=O)CN(CC(=O)O)C(=O)CCNC(C)C. The van der Waals surface area contributed by atoms with E-state index in [4.69, 9.17) is 5.11 Å². The van der Waals surface area contributed by atoms with Crippen LogP contribution in [0, 0.1) is 0 Å². The topological polar surface area (TPSA) is 116 Å². The minimum absolute atomic E-state index is 0.0569.